The van der Waals surface area contributed by atoms with Crippen molar-refractivity contribution < 1.29 is 4.79 Å². The molecule has 1 aliphatic heterocycles. The molecule has 0 fully saturated rings. The number of carbonyl (C=O) groups is 1. The van der Waals surface area contributed by atoms with Crippen molar-refractivity contribution in [3.63, 3.8) is 0 Å². The Morgan fingerprint density at radius 2 is 2.00 bits per heavy atom. The second kappa shape index (κ2) is 8.57. The van der Waals surface area contributed by atoms with Gasteiger partial charge < -0.3 is 10.6 Å². The number of rotatable bonds is 5. The van der Waals surface area contributed by atoms with Gasteiger partial charge in [0, 0.05) is 36.1 Å². The number of thiazole rings is 1. The van der Waals surface area contributed by atoms with Gasteiger partial charge in [-0.1, -0.05) is 36.4 Å². The van der Waals surface area contributed by atoms with Gasteiger partial charge >= 0.3 is 0 Å². The van der Waals surface area contributed by atoms with E-state index < -0.39 is 0 Å². The Kier molecular flexibility index (Phi) is 5.71. The Hall–Kier alpha value is -2.99. The minimum Gasteiger partial charge on any atom is -0.356 e. The summed E-state index contributed by atoms with van der Waals surface area (Å²) in [6.07, 6.45) is 1.80. The molecule has 0 amide bonds. The van der Waals surface area contributed by atoms with Crippen molar-refractivity contribution in [2.24, 2.45) is 4.99 Å². The van der Waals surface area contributed by atoms with E-state index in [9.17, 15) is 4.79 Å². The molecule has 0 unspecified atom stereocenters. The highest BCUT2D eigenvalue weighted by atomic mass is 32.1. The predicted octanol–water partition coefficient (Wildman–Crippen LogP) is 4.34. The van der Waals surface area contributed by atoms with Gasteiger partial charge in [0.2, 0.25) is 5.78 Å². The molecule has 29 heavy (non-hydrogen) atoms. The molecule has 1 aromatic heterocycles. The molecule has 0 saturated carbocycles. The summed E-state index contributed by atoms with van der Waals surface area (Å²) >= 11 is 1.54. The maximum Gasteiger partial charge on any atom is 0.212 e. The predicted molar refractivity (Wildman–Crippen MR) is 119 cm³/mol. The third-order valence-electron chi connectivity index (χ3n) is 5.00. The topological polar surface area (TPSA) is 66.4 Å². The molecule has 4 rings (SSSR count). The van der Waals surface area contributed by atoms with E-state index in [1.807, 2.05) is 35.7 Å². The first kappa shape index (κ1) is 19.3. The summed E-state index contributed by atoms with van der Waals surface area (Å²) in [7, 11) is 0. The minimum absolute atomic E-state index is 0.0266. The van der Waals surface area contributed by atoms with Crippen molar-refractivity contribution in [1.82, 2.24) is 10.3 Å². The van der Waals surface area contributed by atoms with Gasteiger partial charge in [0.25, 0.3) is 0 Å². The molecule has 2 heterocycles. The van der Waals surface area contributed by atoms with Crippen LogP contribution in [0.25, 0.3) is 0 Å². The molecule has 0 saturated heterocycles. The molecule has 2 N–H and O–H groups in total. The Morgan fingerprint density at radius 1 is 1.17 bits per heavy atom. The number of nitrogens with one attached hydrogen (secondary N) is 2. The van der Waals surface area contributed by atoms with E-state index in [2.05, 4.69) is 46.6 Å². The number of hydrogen-bond donors (Lipinski definition) is 2. The van der Waals surface area contributed by atoms with Crippen LogP contribution in [0.1, 0.15) is 44.2 Å². The van der Waals surface area contributed by atoms with Gasteiger partial charge in [-0.05, 0) is 43.0 Å². The highest BCUT2D eigenvalue weighted by Crippen LogP contribution is 2.24. The summed E-state index contributed by atoms with van der Waals surface area (Å²) in [5, 5.41) is 9.50. The molecule has 3 aromatic rings. The van der Waals surface area contributed by atoms with Crippen LogP contribution in [0.5, 0.6) is 0 Å². The van der Waals surface area contributed by atoms with E-state index in [4.69, 9.17) is 0 Å². The maximum atomic E-state index is 12.6. The van der Waals surface area contributed by atoms with Gasteiger partial charge in [-0.3, -0.25) is 9.79 Å². The molecule has 0 atom stereocenters. The van der Waals surface area contributed by atoms with Crippen LogP contribution in [0, 0.1) is 13.8 Å². The summed E-state index contributed by atoms with van der Waals surface area (Å²) in [5.41, 5.74) is 5.84. The lowest BCUT2D eigenvalue weighted by molar-refractivity contribution is 0.103. The largest absolute Gasteiger partial charge is 0.356 e. The van der Waals surface area contributed by atoms with Crippen LogP contribution in [0.4, 0.5) is 5.69 Å². The third-order valence-corrected chi connectivity index (χ3v) is 5.84. The van der Waals surface area contributed by atoms with E-state index in [-0.39, 0.29) is 5.78 Å². The summed E-state index contributed by atoms with van der Waals surface area (Å²) in [4.78, 5) is 21.7. The lowest BCUT2D eigenvalue weighted by Gasteiger charge is -2.18. The third kappa shape index (κ3) is 4.54. The lowest BCUT2D eigenvalue weighted by atomic mass is 10.0. The zero-order chi connectivity index (χ0) is 20.2. The van der Waals surface area contributed by atoms with Crippen LogP contribution in [-0.4, -0.2) is 29.8 Å². The van der Waals surface area contributed by atoms with Gasteiger partial charge in [-0.15, -0.1) is 11.3 Å². The van der Waals surface area contributed by atoms with Gasteiger partial charge in [0.05, 0.1) is 5.01 Å². The smallest absolute Gasteiger partial charge is 0.212 e. The second-order valence-corrected chi connectivity index (χ2v) is 8.17. The zero-order valence-corrected chi connectivity index (χ0v) is 17.5. The Morgan fingerprint density at radius 3 is 2.76 bits per heavy atom. The molecular weight excluding hydrogens is 380 g/mol. The number of nitrogens with zero attached hydrogens (tertiary/aromatic N) is 2. The number of guanidine groups is 1. The molecule has 5 nitrogen and oxygen atoms in total. The Labute approximate surface area is 174 Å². The average molecular weight is 405 g/mol. The first-order chi connectivity index (χ1) is 14.1. The molecule has 0 bridgehead atoms. The van der Waals surface area contributed by atoms with Crippen molar-refractivity contribution in [1.29, 1.82) is 0 Å². The lowest BCUT2D eigenvalue weighted by Crippen LogP contribution is -2.35. The molecular formula is C23H24N4OS. The van der Waals surface area contributed by atoms with Crippen molar-refractivity contribution >= 4 is 28.8 Å². The number of ketones is 1. The highest BCUT2D eigenvalue weighted by Gasteiger charge is 2.14. The number of anilines is 1. The normalized spacial score (nSPS) is 13.5. The molecule has 0 aliphatic carbocycles. The van der Waals surface area contributed by atoms with Gasteiger partial charge in [0.1, 0.15) is 5.69 Å². The SMILES string of the molecule is Cc1cc(NC2=NCCCN2)c(C)cc1Cc1nc(C(=O)c2ccccc2)cs1. The number of aromatic nitrogens is 1. The first-order valence-corrected chi connectivity index (χ1v) is 10.7. The fourth-order valence-corrected chi connectivity index (χ4v) is 4.14. The summed E-state index contributed by atoms with van der Waals surface area (Å²) in [6.45, 7) is 6.02. The second-order valence-electron chi connectivity index (χ2n) is 7.23. The molecule has 2 aromatic carbocycles. The van der Waals surface area contributed by atoms with Gasteiger partial charge in [0.15, 0.2) is 5.96 Å². The van der Waals surface area contributed by atoms with Crippen molar-refractivity contribution in [3.8, 4) is 0 Å². The quantitative estimate of drug-likeness (QED) is 0.621. The van der Waals surface area contributed by atoms with E-state index in [0.29, 0.717) is 11.3 Å². The molecule has 1 aliphatic rings. The van der Waals surface area contributed by atoms with Crippen molar-refractivity contribution in [3.05, 3.63) is 80.8 Å². The van der Waals surface area contributed by atoms with E-state index in [1.165, 1.54) is 22.5 Å². The summed E-state index contributed by atoms with van der Waals surface area (Å²) in [6, 6.07) is 13.7. The fourth-order valence-electron chi connectivity index (χ4n) is 3.34. The van der Waals surface area contributed by atoms with Gasteiger partial charge in [-0.25, -0.2) is 4.98 Å². The Bertz CT molecular complexity index is 1060. The van der Waals surface area contributed by atoms with Crippen LogP contribution < -0.4 is 10.6 Å². The van der Waals surface area contributed by atoms with Gasteiger partial charge in [-0.2, -0.15) is 0 Å². The van der Waals surface area contributed by atoms with Crippen LogP contribution >= 0.6 is 11.3 Å². The molecule has 148 valence electrons. The number of aryl methyl sites for hydroxylation is 2. The maximum absolute atomic E-state index is 12.6. The van der Waals surface area contributed by atoms with E-state index in [1.54, 1.807) is 0 Å². The summed E-state index contributed by atoms with van der Waals surface area (Å²) < 4.78 is 0. The highest BCUT2D eigenvalue weighted by molar-refractivity contribution is 7.09. The minimum atomic E-state index is -0.0266. The monoisotopic (exact) mass is 404 g/mol. The number of hydrogen-bond acceptors (Lipinski definition) is 6. The van der Waals surface area contributed by atoms with Crippen LogP contribution in [0.15, 0.2) is 52.8 Å². The van der Waals surface area contributed by atoms with Crippen LogP contribution in [-0.2, 0) is 6.42 Å². The molecule has 0 radical (unpaired) electrons. The standard InChI is InChI=1S/C23H24N4OS/c1-15-12-19(27-23-24-9-6-10-25-23)16(2)11-18(15)13-21-26-20(14-29-21)22(28)17-7-4-3-5-8-17/h3-5,7-8,11-12,14H,6,9-10,13H2,1-2H3,(H2,24,25,27). The van der Waals surface area contributed by atoms with Crippen molar-refractivity contribution in [2.75, 3.05) is 18.4 Å². The Balaban J connectivity index is 1.50. The van der Waals surface area contributed by atoms with Crippen LogP contribution in [0.3, 0.4) is 0 Å². The van der Waals surface area contributed by atoms with Crippen LogP contribution in [0.2, 0.25) is 0 Å². The number of carbonyl (C=O) groups excluding carboxylic acids is 1. The summed E-state index contributed by atoms with van der Waals surface area (Å²) in [5.74, 6) is 0.816. The number of aliphatic imine (C=N–C) groups is 1. The van der Waals surface area contributed by atoms with Crippen molar-refractivity contribution in [2.45, 2.75) is 26.7 Å². The first-order valence-electron chi connectivity index (χ1n) is 9.80. The molecule has 6 heteroatoms. The average Bonchev–Trinajstić information content (AvgIpc) is 3.21. The number of benzene rings is 2. The van der Waals surface area contributed by atoms with E-state index in [0.717, 1.165) is 48.1 Å². The van der Waals surface area contributed by atoms with E-state index >= 15 is 0 Å². The zero-order valence-electron chi connectivity index (χ0n) is 16.7. The molecule has 0 spiro atoms. The fraction of sp³-hybridized carbons (Fsp3) is 0.261.